The van der Waals surface area contributed by atoms with Crippen molar-refractivity contribution in [1.29, 1.82) is 0 Å². The Morgan fingerprint density at radius 2 is 1.04 bits per heavy atom. The lowest BCUT2D eigenvalue weighted by molar-refractivity contribution is -0.140. The van der Waals surface area contributed by atoms with Gasteiger partial charge >= 0.3 is 17.9 Å². The van der Waals surface area contributed by atoms with Gasteiger partial charge in [-0.1, -0.05) is 95.5 Å². The summed E-state index contributed by atoms with van der Waals surface area (Å²) in [5, 5.41) is 18.0. The van der Waals surface area contributed by atoms with Crippen LogP contribution in [0.5, 0.6) is 11.5 Å². The average molecular weight is 1720 g/mol. The first-order chi connectivity index (χ1) is 60.5. The second-order valence-corrected chi connectivity index (χ2v) is 36.1. The zero-order valence-corrected chi connectivity index (χ0v) is 72.6. The van der Waals surface area contributed by atoms with Crippen molar-refractivity contribution < 1.29 is 57.3 Å². The number of hydrogen-bond acceptors (Lipinski definition) is 23. The summed E-state index contributed by atoms with van der Waals surface area (Å²) in [5.74, 6) is -0.646. The standard InChI is InChI=1S/C97H100N14O12S2/c1-58-65(21-13-27-78(58)120-51-15-17-60-39-45-108(46-40-60)56-85(113)98-64-31-32-71-77(53-64)107(6)106-87(71)72-35-38-84(112)103-92(72)117)67-33-36-82(110-49-43-62-19-11-23-69(73(62)54-110)90(115)104-95-99-75-25-7-9-29-80(75)124-95)101-88(67)93(118)122-86(114)57-109-47-41-61(42-48-109)18-16-52-121-79-28-14-22-66(59(79)2)68-34-37-83(102-89(68)94(119)123-97(3,4)5)111-50-44-63-20-12-24-70(74(63)55-111)91(116)105-96-100-76-26-8-10-30-81(76)125-96/h7-14,19-34,36-37,53,60-61,72H,15-18,35,38-52,54-57H2,1-6H3,(H,98,113)(H,99,104,115)(H,100,105,116)(H,103,112,117). The molecular formula is C97H100N14O12S2. The predicted molar refractivity (Wildman–Crippen MR) is 484 cm³/mol. The number of nitrogens with zero attached hydrogens (tertiary/aromatic N) is 10. The van der Waals surface area contributed by atoms with Gasteiger partial charge in [0.15, 0.2) is 21.7 Å². The van der Waals surface area contributed by atoms with Crippen molar-refractivity contribution in [1.82, 2.24) is 44.8 Å². The number of piperidine rings is 3. The van der Waals surface area contributed by atoms with Crippen LogP contribution < -0.4 is 40.5 Å². The minimum absolute atomic E-state index is 0.0256. The largest absolute Gasteiger partial charge is 0.493 e. The topological polar surface area (TPSA) is 304 Å². The van der Waals surface area contributed by atoms with E-state index in [1.165, 1.54) is 22.7 Å². The van der Waals surface area contributed by atoms with E-state index in [-0.39, 0.29) is 60.4 Å². The van der Waals surface area contributed by atoms with Crippen LogP contribution in [-0.2, 0) is 61.6 Å². The first kappa shape index (κ1) is 84.6. The Kier molecular flexibility index (Phi) is 25.1. The van der Waals surface area contributed by atoms with Crippen LogP contribution in [0.3, 0.4) is 0 Å². The van der Waals surface area contributed by atoms with E-state index in [1.54, 1.807) is 11.7 Å². The molecule has 3 saturated heterocycles. The minimum atomic E-state index is -0.877. The Morgan fingerprint density at radius 3 is 1.56 bits per heavy atom. The molecule has 3 fully saturated rings. The van der Waals surface area contributed by atoms with Gasteiger partial charge in [0.25, 0.3) is 11.8 Å². The van der Waals surface area contributed by atoms with Gasteiger partial charge in [-0.2, -0.15) is 5.10 Å². The number of benzene rings is 7. The number of para-hydroxylation sites is 2. The van der Waals surface area contributed by atoms with Gasteiger partial charge in [0.1, 0.15) is 28.7 Å². The molecule has 12 aromatic rings. The lowest BCUT2D eigenvalue weighted by atomic mass is 9.92. The summed E-state index contributed by atoms with van der Waals surface area (Å²) in [6.45, 7) is 15.2. The third-order valence-electron chi connectivity index (χ3n) is 24.5. The predicted octanol–water partition coefficient (Wildman–Crippen LogP) is 16.4. The second-order valence-electron chi connectivity index (χ2n) is 34.1. The van der Waals surface area contributed by atoms with Crippen LogP contribution in [0, 0.1) is 25.7 Å². The summed E-state index contributed by atoms with van der Waals surface area (Å²) in [6.07, 6.45) is 8.92. The summed E-state index contributed by atoms with van der Waals surface area (Å²) >= 11 is 2.84. The van der Waals surface area contributed by atoms with Crippen LogP contribution in [0.15, 0.2) is 164 Å². The molecular weight excluding hydrogens is 1620 g/mol. The number of aryl methyl sites for hydroxylation is 1. The third kappa shape index (κ3) is 19.4. The highest BCUT2D eigenvalue weighted by atomic mass is 32.1. The first-order valence-corrected chi connectivity index (χ1v) is 44.7. The number of carbonyl (C=O) groups excluding carboxylic acids is 8. The summed E-state index contributed by atoms with van der Waals surface area (Å²) in [5.41, 5.74) is 12.1. The second kappa shape index (κ2) is 37.0. The molecule has 4 N–H and O–H groups in total. The maximum absolute atomic E-state index is 14.9. The van der Waals surface area contributed by atoms with Crippen molar-refractivity contribution >= 4 is 129 Å². The van der Waals surface area contributed by atoms with E-state index >= 15 is 0 Å². The van der Waals surface area contributed by atoms with E-state index in [1.807, 2.05) is 202 Å². The average Bonchev–Trinajstić information content (AvgIpc) is 1.77. The normalized spacial score (nSPS) is 16.0. The molecule has 0 bridgehead atoms. The highest BCUT2D eigenvalue weighted by Gasteiger charge is 2.35. The number of pyridine rings is 2. The first-order valence-electron chi connectivity index (χ1n) is 43.1. The number of nitrogens with one attached hydrogen (secondary N) is 4. The molecule has 0 spiro atoms. The van der Waals surface area contributed by atoms with Crippen LogP contribution in [0.25, 0.3) is 53.6 Å². The molecule has 1 unspecified atom stereocenters. The van der Waals surface area contributed by atoms with Crippen molar-refractivity contribution in [2.75, 3.05) is 91.3 Å². The molecule has 1 atom stereocenters. The highest BCUT2D eigenvalue weighted by Crippen LogP contribution is 2.41. The van der Waals surface area contributed by atoms with E-state index in [2.05, 4.69) is 52.2 Å². The number of hydrogen-bond donors (Lipinski definition) is 4. The number of amides is 5. The molecule has 5 aliphatic heterocycles. The van der Waals surface area contributed by atoms with Gasteiger partial charge in [-0.15, -0.1) is 0 Å². The van der Waals surface area contributed by atoms with Crippen molar-refractivity contribution in [3.05, 3.63) is 225 Å². The molecule has 0 radical (unpaired) electrons. The van der Waals surface area contributed by atoms with Crippen LogP contribution >= 0.6 is 22.7 Å². The van der Waals surface area contributed by atoms with Crippen molar-refractivity contribution in [3.8, 4) is 33.8 Å². The van der Waals surface area contributed by atoms with Gasteiger partial charge in [0.05, 0.1) is 63.9 Å². The van der Waals surface area contributed by atoms with Gasteiger partial charge in [0, 0.05) is 73.0 Å². The molecule has 5 aliphatic rings. The van der Waals surface area contributed by atoms with E-state index < -0.39 is 29.4 Å². The number of anilines is 5. The molecule has 5 amide bonds. The highest BCUT2D eigenvalue weighted by molar-refractivity contribution is 7.22. The van der Waals surface area contributed by atoms with E-state index in [0.717, 1.165) is 135 Å². The molecule has 642 valence electrons. The Balaban J connectivity index is 0.513. The van der Waals surface area contributed by atoms with Crippen LogP contribution in [-0.4, -0.2) is 158 Å². The summed E-state index contributed by atoms with van der Waals surface area (Å²) in [7, 11) is 1.80. The third-order valence-corrected chi connectivity index (χ3v) is 26.4. The number of imide groups is 1. The Hall–Kier alpha value is -12.6. The number of aromatic nitrogens is 6. The van der Waals surface area contributed by atoms with Gasteiger partial charge < -0.3 is 34.1 Å². The lowest BCUT2D eigenvalue weighted by Crippen LogP contribution is -2.39. The number of thiazole rings is 2. The number of likely N-dealkylation sites (tertiary alicyclic amines) is 2. The maximum Gasteiger partial charge on any atom is 0.365 e. The number of carbonyl (C=O) groups is 8. The maximum atomic E-state index is 14.9. The van der Waals surface area contributed by atoms with Crippen molar-refractivity contribution in [2.24, 2.45) is 18.9 Å². The molecule has 28 heteroatoms. The van der Waals surface area contributed by atoms with Crippen LogP contribution in [0.1, 0.15) is 172 Å². The van der Waals surface area contributed by atoms with E-state index in [4.69, 9.17) is 28.9 Å². The fourth-order valence-electron chi connectivity index (χ4n) is 17.9. The zero-order valence-electron chi connectivity index (χ0n) is 71.0. The molecule has 7 aromatic carbocycles. The molecule has 10 heterocycles. The van der Waals surface area contributed by atoms with Gasteiger partial charge in [-0.25, -0.2) is 29.5 Å². The van der Waals surface area contributed by atoms with Crippen LogP contribution in [0.4, 0.5) is 27.6 Å². The minimum Gasteiger partial charge on any atom is -0.493 e. The van der Waals surface area contributed by atoms with Gasteiger partial charge in [-0.05, 0) is 279 Å². The quantitative estimate of drug-likeness (QED) is 0.0169. The van der Waals surface area contributed by atoms with E-state index in [9.17, 15) is 38.4 Å². The molecule has 0 saturated carbocycles. The lowest BCUT2D eigenvalue weighted by Gasteiger charge is -2.31. The Morgan fingerprint density at radius 1 is 0.528 bits per heavy atom. The molecule has 5 aromatic heterocycles. The molecule has 0 aliphatic carbocycles. The molecule has 26 nitrogen and oxygen atoms in total. The summed E-state index contributed by atoms with van der Waals surface area (Å²) in [4.78, 5) is 137. The zero-order chi connectivity index (χ0) is 86.6. The van der Waals surface area contributed by atoms with Crippen LogP contribution in [0.2, 0.25) is 0 Å². The SMILES string of the molecule is Cc1c(OCCCC2CCN(CC(=O)Nc3ccc4c(C5CCC(=O)NC5=O)nn(C)c4c3)CC2)cccc1-c1ccc(N2CCc3cccc(C(=O)Nc4nc5ccccc5s4)c3C2)nc1C(=O)OC(=O)CN1CCC(CCCOc2cccc(-c3ccc(N4CCc5cccc(C(=O)Nc6nc7ccccc7s6)c5C4)nc3C(=O)OC(C)(C)C)c2C)CC1. The fraction of sp³-hybridized carbons (Fsp3) is 0.351. The smallest absolute Gasteiger partial charge is 0.365 e. The Labute approximate surface area is 732 Å². The number of rotatable bonds is 26. The summed E-state index contributed by atoms with van der Waals surface area (Å²) < 4.78 is 28.6. The van der Waals surface area contributed by atoms with E-state index in [0.29, 0.717) is 156 Å². The Bertz CT molecular complexity index is 6110. The number of fused-ring (bicyclic) bond motifs is 5. The monoisotopic (exact) mass is 1720 g/mol. The van der Waals surface area contributed by atoms with Gasteiger partial charge in [0.2, 0.25) is 17.7 Å². The van der Waals surface area contributed by atoms with Gasteiger partial charge in [-0.3, -0.25) is 59.2 Å². The van der Waals surface area contributed by atoms with Crippen molar-refractivity contribution in [3.63, 3.8) is 0 Å². The molecule has 17 rings (SSSR count). The number of ether oxygens (including phenoxy) is 4. The number of esters is 3. The fourth-order valence-corrected chi connectivity index (χ4v) is 19.6. The summed E-state index contributed by atoms with van der Waals surface area (Å²) in [6, 6.07) is 51.8. The molecule has 125 heavy (non-hydrogen) atoms. The van der Waals surface area contributed by atoms with Crippen molar-refractivity contribution in [2.45, 2.75) is 136 Å².